The van der Waals surface area contributed by atoms with Gasteiger partial charge in [-0.15, -0.1) is 5.10 Å². The minimum absolute atomic E-state index is 0.0722. The summed E-state index contributed by atoms with van der Waals surface area (Å²) in [5, 5.41) is 16.7. The van der Waals surface area contributed by atoms with Gasteiger partial charge < -0.3 is 10.0 Å². The molecule has 0 bridgehead atoms. The summed E-state index contributed by atoms with van der Waals surface area (Å²) in [6, 6.07) is 8.83. The second-order valence-electron chi connectivity index (χ2n) is 4.80. The molecule has 0 aliphatic heterocycles. The molecule has 1 heterocycles. The van der Waals surface area contributed by atoms with E-state index in [1.165, 1.54) is 4.90 Å². The molecule has 0 fully saturated rings. The van der Waals surface area contributed by atoms with E-state index in [9.17, 15) is 4.79 Å². The highest BCUT2D eigenvalue weighted by molar-refractivity contribution is 6.30. The summed E-state index contributed by atoms with van der Waals surface area (Å²) in [6.45, 7) is 4.48. The van der Waals surface area contributed by atoms with Crippen LogP contribution in [0.15, 0.2) is 30.3 Å². The molecule has 2 aromatic rings. The Balaban J connectivity index is 2.18. The summed E-state index contributed by atoms with van der Waals surface area (Å²) >= 11 is 5.99. The molecule has 1 aromatic heterocycles. The lowest BCUT2D eigenvalue weighted by atomic mass is 10.3. The van der Waals surface area contributed by atoms with Crippen LogP contribution >= 0.6 is 11.6 Å². The van der Waals surface area contributed by atoms with Gasteiger partial charge in [0.25, 0.3) is 0 Å². The van der Waals surface area contributed by atoms with Crippen LogP contribution in [-0.2, 0) is 0 Å². The van der Waals surface area contributed by atoms with Gasteiger partial charge in [-0.05, 0) is 32.0 Å². The van der Waals surface area contributed by atoms with E-state index in [1.54, 1.807) is 22.9 Å². The highest BCUT2D eigenvalue weighted by Crippen LogP contribution is 2.18. The van der Waals surface area contributed by atoms with Gasteiger partial charge >= 0.3 is 6.03 Å². The third-order valence-corrected chi connectivity index (χ3v) is 3.45. The number of urea groups is 1. The van der Waals surface area contributed by atoms with E-state index in [2.05, 4.69) is 10.4 Å². The van der Waals surface area contributed by atoms with Crippen molar-refractivity contribution in [3.8, 4) is 5.69 Å². The van der Waals surface area contributed by atoms with Crippen LogP contribution in [0.25, 0.3) is 5.69 Å². The Bertz CT molecular complexity index is 657. The minimum atomic E-state index is -0.285. The van der Waals surface area contributed by atoms with Crippen LogP contribution < -0.4 is 5.32 Å². The number of carbonyl (C=O) groups excluding carboxylic acids is 1. The largest absolute Gasteiger partial charge is 0.395 e. The number of rotatable bonds is 5. The number of amides is 2. The number of aliphatic hydroxyl groups is 1. The molecule has 0 unspecified atom stereocenters. The van der Waals surface area contributed by atoms with Crippen LogP contribution in [0.1, 0.15) is 12.6 Å². The fourth-order valence-electron chi connectivity index (χ4n) is 2.12. The van der Waals surface area contributed by atoms with E-state index in [1.807, 2.05) is 26.0 Å². The zero-order valence-corrected chi connectivity index (χ0v) is 13.3. The van der Waals surface area contributed by atoms with Crippen molar-refractivity contribution in [3.05, 3.63) is 41.0 Å². The Hall–Kier alpha value is -2.05. The van der Waals surface area contributed by atoms with E-state index in [4.69, 9.17) is 16.7 Å². The van der Waals surface area contributed by atoms with Gasteiger partial charge in [0.15, 0.2) is 5.82 Å². The van der Waals surface area contributed by atoms with Gasteiger partial charge in [0, 0.05) is 29.9 Å². The molecule has 6 nitrogen and oxygen atoms in total. The van der Waals surface area contributed by atoms with Crippen LogP contribution in [0.4, 0.5) is 10.6 Å². The number of halogens is 1. The fraction of sp³-hybridized carbons (Fsp3) is 0.333. The van der Waals surface area contributed by atoms with Crippen LogP contribution in [0.3, 0.4) is 0 Å². The first-order chi connectivity index (χ1) is 10.5. The topological polar surface area (TPSA) is 70.4 Å². The van der Waals surface area contributed by atoms with E-state index >= 15 is 0 Å². The van der Waals surface area contributed by atoms with E-state index in [-0.39, 0.29) is 19.2 Å². The Labute approximate surface area is 134 Å². The molecule has 0 saturated heterocycles. The summed E-state index contributed by atoms with van der Waals surface area (Å²) in [7, 11) is 0. The number of nitrogens with zero attached hydrogens (tertiary/aromatic N) is 3. The zero-order valence-electron chi connectivity index (χ0n) is 12.6. The van der Waals surface area contributed by atoms with Crippen molar-refractivity contribution >= 4 is 23.4 Å². The maximum atomic E-state index is 12.1. The van der Waals surface area contributed by atoms with Crippen molar-refractivity contribution in [2.75, 3.05) is 25.0 Å². The molecule has 2 rings (SSSR count). The van der Waals surface area contributed by atoms with Crippen LogP contribution in [0.2, 0.25) is 5.02 Å². The number of aliphatic hydroxyl groups excluding tert-OH is 1. The van der Waals surface area contributed by atoms with Crippen molar-refractivity contribution in [1.82, 2.24) is 14.7 Å². The van der Waals surface area contributed by atoms with Gasteiger partial charge in [0.05, 0.1) is 12.3 Å². The molecule has 1 aromatic carbocycles. The summed E-state index contributed by atoms with van der Waals surface area (Å²) in [6.07, 6.45) is 0. The number of nitrogens with one attached hydrogen (secondary N) is 1. The van der Waals surface area contributed by atoms with Crippen molar-refractivity contribution in [2.45, 2.75) is 13.8 Å². The quantitative estimate of drug-likeness (QED) is 0.889. The van der Waals surface area contributed by atoms with Gasteiger partial charge in [-0.3, -0.25) is 5.32 Å². The third-order valence-electron chi connectivity index (χ3n) is 3.21. The number of aryl methyl sites for hydroxylation is 1. The Morgan fingerprint density at radius 3 is 2.86 bits per heavy atom. The Morgan fingerprint density at radius 2 is 2.23 bits per heavy atom. The zero-order chi connectivity index (χ0) is 16.1. The normalized spacial score (nSPS) is 10.5. The van der Waals surface area contributed by atoms with Gasteiger partial charge in [0.1, 0.15) is 0 Å². The highest BCUT2D eigenvalue weighted by Gasteiger charge is 2.14. The Kier molecular flexibility index (Phi) is 5.41. The lowest BCUT2D eigenvalue weighted by Gasteiger charge is -2.19. The molecule has 118 valence electrons. The molecule has 2 amide bonds. The van der Waals surface area contributed by atoms with Crippen molar-refractivity contribution < 1.29 is 9.90 Å². The first-order valence-electron chi connectivity index (χ1n) is 7.04. The van der Waals surface area contributed by atoms with E-state index in [0.29, 0.717) is 17.4 Å². The number of hydrogen-bond donors (Lipinski definition) is 2. The standard InChI is InChI=1S/C15H19ClN4O2/c1-3-19(7-8-21)15(22)17-14-9-11(2)20(18-14)13-6-4-5-12(16)10-13/h4-6,9-10,21H,3,7-8H2,1-2H3,(H,17,18,22). The summed E-state index contributed by atoms with van der Waals surface area (Å²) in [4.78, 5) is 13.6. The molecule has 7 heteroatoms. The molecule has 0 aliphatic rings. The molecule has 0 spiro atoms. The second-order valence-corrected chi connectivity index (χ2v) is 5.23. The molecular weight excluding hydrogens is 304 g/mol. The summed E-state index contributed by atoms with van der Waals surface area (Å²) in [5.74, 6) is 0.457. The third kappa shape index (κ3) is 3.78. The van der Waals surface area contributed by atoms with Crippen LogP contribution in [-0.4, -0.2) is 45.5 Å². The fourth-order valence-corrected chi connectivity index (χ4v) is 2.30. The molecule has 0 atom stereocenters. The molecular formula is C15H19ClN4O2. The lowest BCUT2D eigenvalue weighted by molar-refractivity contribution is 0.192. The molecule has 22 heavy (non-hydrogen) atoms. The maximum absolute atomic E-state index is 12.1. The predicted octanol–water partition coefficient (Wildman–Crippen LogP) is 2.68. The number of anilines is 1. The first kappa shape index (κ1) is 16.3. The van der Waals surface area contributed by atoms with Gasteiger partial charge in [-0.25, -0.2) is 9.48 Å². The molecule has 0 saturated carbocycles. The van der Waals surface area contributed by atoms with Gasteiger partial charge in [0.2, 0.25) is 0 Å². The van der Waals surface area contributed by atoms with Crippen molar-refractivity contribution in [3.63, 3.8) is 0 Å². The van der Waals surface area contributed by atoms with Crippen molar-refractivity contribution in [2.24, 2.45) is 0 Å². The second kappa shape index (κ2) is 7.29. The average molecular weight is 323 g/mol. The smallest absolute Gasteiger partial charge is 0.323 e. The molecule has 0 aliphatic carbocycles. The maximum Gasteiger partial charge on any atom is 0.323 e. The SMILES string of the molecule is CCN(CCO)C(=O)Nc1cc(C)n(-c2cccc(Cl)c2)n1. The Morgan fingerprint density at radius 1 is 1.45 bits per heavy atom. The summed E-state index contributed by atoms with van der Waals surface area (Å²) < 4.78 is 1.71. The van der Waals surface area contributed by atoms with E-state index < -0.39 is 0 Å². The summed E-state index contributed by atoms with van der Waals surface area (Å²) in [5.41, 5.74) is 1.70. The van der Waals surface area contributed by atoms with E-state index in [0.717, 1.165) is 11.4 Å². The number of hydrogen-bond acceptors (Lipinski definition) is 3. The van der Waals surface area contributed by atoms with Crippen LogP contribution in [0.5, 0.6) is 0 Å². The number of likely N-dealkylation sites (N-methyl/N-ethyl adjacent to an activating group) is 1. The number of aromatic nitrogens is 2. The number of carbonyl (C=O) groups is 1. The number of benzene rings is 1. The van der Waals surface area contributed by atoms with Crippen LogP contribution in [0, 0.1) is 6.92 Å². The monoisotopic (exact) mass is 322 g/mol. The highest BCUT2D eigenvalue weighted by atomic mass is 35.5. The minimum Gasteiger partial charge on any atom is -0.395 e. The van der Waals surface area contributed by atoms with Gasteiger partial charge in [-0.2, -0.15) is 0 Å². The van der Waals surface area contributed by atoms with Crippen molar-refractivity contribution in [1.29, 1.82) is 0 Å². The predicted molar refractivity (Wildman–Crippen MR) is 86.7 cm³/mol. The first-order valence-corrected chi connectivity index (χ1v) is 7.42. The molecule has 2 N–H and O–H groups in total. The molecule has 0 radical (unpaired) electrons. The average Bonchev–Trinajstić information content (AvgIpc) is 2.85. The van der Waals surface area contributed by atoms with Gasteiger partial charge in [-0.1, -0.05) is 17.7 Å². The lowest BCUT2D eigenvalue weighted by Crippen LogP contribution is -2.36.